The number of piperazine rings is 1. The largest absolute Gasteiger partial charge is 0.534 e. The van der Waals surface area contributed by atoms with E-state index in [0.29, 0.717) is 12.5 Å². The fraction of sp³-hybridized carbons (Fsp3) is 0.355. The first-order chi connectivity index (χ1) is 19.5. The summed E-state index contributed by atoms with van der Waals surface area (Å²) in [5, 5.41) is 0. The predicted molar refractivity (Wildman–Crippen MR) is 155 cm³/mol. The first kappa shape index (κ1) is 29.0. The zero-order chi connectivity index (χ0) is 29.4. The number of anilines is 1. The van der Waals surface area contributed by atoms with E-state index in [2.05, 4.69) is 52.1 Å². The molecule has 0 unspecified atom stereocenters. The molecule has 0 spiro atoms. The second kappa shape index (κ2) is 11.4. The minimum absolute atomic E-state index is 0.393. The lowest BCUT2D eigenvalue weighted by Gasteiger charge is -2.38. The minimum Gasteiger partial charge on any atom is -0.497 e. The van der Waals surface area contributed by atoms with Crippen molar-refractivity contribution in [3.05, 3.63) is 89.0 Å². The molecule has 0 atom stereocenters. The van der Waals surface area contributed by atoms with Crippen molar-refractivity contribution in [2.24, 2.45) is 0 Å². The van der Waals surface area contributed by atoms with Crippen LogP contribution in [-0.4, -0.2) is 58.2 Å². The lowest BCUT2D eigenvalue weighted by Crippen LogP contribution is -2.48. The van der Waals surface area contributed by atoms with Gasteiger partial charge < -0.3 is 13.8 Å². The van der Waals surface area contributed by atoms with Crippen molar-refractivity contribution in [3.8, 4) is 11.5 Å². The molecule has 0 N–H and O–H groups in total. The van der Waals surface area contributed by atoms with E-state index in [9.17, 15) is 21.6 Å². The summed E-state index contributed by atoms with van der Waals surface area (Å²) in [5.41, 5.74) is 1.73. The van der Waals surface area contributed by atoms with Crippen molar-refractivity contribution in [1.82, 2.24) is 4.90 Å². The Kier molecular flexibility index (Phi) is 8.07. The van der Waals surface area contributed by atoms with E-state index >= 15 is 0 Å². The standard InChI is InChI=1S/C31H33F3N2O4S/c1-21(2)35-16-18-36(19-17-35)25-9-4-23(5-10-25)30-28(14-8-24-20-27(39-3)13-15-29(24)30)22-6-11-26(12-7-22)40-41(37,38)31(32,33)34/h4-7,9-13,15,20-21H,8,14,16-19H2,1-3H3. The average Bonchev–Trinajstić information content (AvgIpc) is 2.96. The van der Waals surface area contributed by atoms with Gasteiger partial charge in [0.05, 0.1) is 7.11 Å². The Morgan fingerprint density at radius 3 is 2.00 bits per heavy atom. The third kappa shape index (κ3) is 6.08. The van der Waals surface area contributed by atoms with Crippen molar-refractivity contribution >= 4 is 27.0 Å². The highest BCUT2D eigenvalue weighted by molar-refractivity contribution is 7.88. The van der Waals surface area contributed by atoms with Crippen LogP contribution in [0.15, 0.2) is 66.7 Å². The van der Waals surface area contributed by atoms with Crippen LogP contribution in [0.3, 0.4) is 0 Å². The van der Waals surface area contributed by atoms with Gasteiger partial charge in [-0.3, -0.25) is 4.90 Å². The molecular weight excluding hydrogens is 553 g/mol. The summed E-state index contributed by atoms with van der Waals surface area (Å²) in [4.78, 5) is 4.87. The van der Waals surface area contributed by atoms with Crippen LogP contribution in [-0.2, 0) is 16.5 Å². The number of rotatable bonds is 7. The molecule has 0 saturated carbocycles. The van der Waals surface area contributed by atoms with E-state index in [1.54, 1.807) is 19.2 Å². The molecule has 1 aliphatic heterocycles. The van der Waals surface area contributed by atoms with Crippen LogP contribution in [0.4, 0.5) is 18.9 Å². The molecule has 0 amide bonds. The summed E-state index contributed by atoms with van der Waals surface area (Å²) in [5.74, 6) is 0.380. The van der Waals surface area contributed by atoms with Crippen LogP contribution in [0.1, 0.15) is 42.5 Å². The molecule has 0 bridgehead atoms. The van der Waals surface area contributed by atoms with Gasteiger partial charge in [0.15, 0.2) is 0 Å². The Labute approximate surface area is 239 Å². The van der Waals surface area contributed by atoms with E-state index < -0.39 is 21.4 Å². The van der Waals surface area contributed by atoms with Gasteiger partial charge in [0.25, 0.3) is 0 Å². The van der Waals surface area contributed by atoms with Crippen molar-refractivity contribution in [1.29, 1.82) is 0 Å². The molecule has 1 aliphatic carbocycles. The summed E-state index contributed by atoms with van der Waals surface area (Å²) in [6.07, 6.45) is 1.44. The molecule has 1 fully saturated rings. The molecule has 0 radical (unpaired) electrons. The number of allylic oxidation sites excluding steroid dienone is 1. The highest BCUT2D eigenvalue weighted by atomic mass is 32.2. The number of methoxy groups -OCH3 is 1. The molecular formula is C31H33F3N2O4S. The zero-order valence-electron chi connectivity index (χ0n) is 23.2. The van der Waals surface area contributed by atoms with Crippen LogP contribution in [0.25, 0.3) is 11.1 Å². The van der Waals surface area contributed by atoms with E-state index in [1.165, 1.54) is 12.1 Å². The Balaban J connectivity index is 1.49. The number of halogens is 3. The zero-order valence-corrected chi connectivity index (χ0v) is 24.1. The highest BCUT2D eigenvalue weighted by Crippen LogP contribution is 2.42. The molecule has 0 aromatic heterocycles. The molecule has 2 aliphatic rings. The van der Waals surface area contributed by atoms with E-state index in [-0.39, 0.29) is 0 Å². The molecule has 3 aromatic carbocycles. The predicted octanol–water partition coefficient (Wildman–Crippen LogP) is 6.36. The third-order valence-corrected chi connectivity index (χ3v) is 8.76. The Morgan fingerprint density at radius 2 is 1.41 bits per heavy atom. The van der Waals surface area contributed by atoms with E-state index in [4.69, 9.17) is 4.74 Å². The molecule has 1 saturated heterocycles. The van der Waals surface area contributed by atoms with Crippen molar-refractivity contribution in [3.63, 3.8) is 0 Å². The number of benzene rings is 3. The number of aryl methyl sites for hydroxylation is 1. The highest BCUT2D eigenvalue weighted by Gasteiger charge is 2.48. The number of hydrogen-bond donors (Lipinski definition) is 0. The molecule has 10 heteroatoms. The van der Waals surface area contributed by atoms with Crippen LogP contribution in [0.5, 0.6) is 11.5 Å². The van der Waals surface area contributed by atoms with E-state index in [0.717, 1.165) is 77.4 Å². The van der Waals surface area contributed by atoms with Crippen molar-refractivity contribution < 1.29 is 30.5 Å². The van der Waals surface area contributed by atoms with Crippen LogP contribution < -0.4 is 13.8 Å². The molecule has 1 heterocycles. The number of alkyl halides is 3. The van der Waals surface area contributed by atoms with Crippen molar-refractivity contribution in [2.75, 3.05) is 38.2 Å². The fourth-order valence-corrected chi connectivity index (χ4v) is 5.99. The first-order valence-electron chi connectivity index (χ1n) is 13.6. The number of fused-ring (bicyclic) bond motifs is 1. The van der Waals surface area contributed by atoms with Crippen molar-refractivity contribution in [2.45, 2.75) is 38.2 Å². The van der Waals surface area contributed by atoms with Gasteiger partial charge in [-0.2, -0.15) is 21.6 Å². The molecule has 6 nitrogen and oxygen atoms in total. The quantitative estimate of drug-likeness (QED) is 0.237. The second-order valence-electron chi connectivity index (χ2n) is 10.5. The average molecular weight is 587 g/mol. The summed E-state index contributed by atoms with van der Waals surface area (Å²) >= 11 is 0. The summed E-state index contributed by atoms with van der Waals surface area (Å²) < 4.78 is 71.0. The van der Waals surface area contributed by atoms with Gasteiger partial charge in [-0.1, -0.05) is 30.3 Å². The number of ether oxygens (including phenoxy) is 1. The van der Waals surface area contributed by atoms with Crippen LogP contribution >= 0.6 is 0 Å². The van der Waals surface area contributed by atoms with Gasteiger partial charge in [-0.15, -0.1) is 0 Å². The molecule has 41 heavy (non-hydrogen) atoms. The number of nitrogens with zero attached hydrogens (tertiary/aromatic N) is 2. The van der Waals surface area contributed by atoms with Gasteiger partial charge in [-0.05, 0) is 96.5 Å². The Bertz CT molecular complexity index is 1530. The van der Waals surface area contributed by atoms with Crippen LogP contribution in [0.2, 0.25) is 0 Å². The Morgan fingerprint density at radius 1 is 0.805 bits per heavy atom. The summed E-state index contributed by atoms with van der Waals surface area (Å²) in [6.45, 7) is 8.41. The summed E-state index contributed by atoms with van der Waals surface area (Å²) in [7, 11) is -4.11. The maximum atomic E-state index is 12.8. The fourth-order valence-electron chi connectivity index (χ4n) is 5.53. The van der Waals surface area contributed by atoms with Crippen LogP contribution in [0, 0.1) is 0 Å². The molecule has 218 valence electrons. The molecule has 5 rings (SSSR count). The first-order valence-corrected chi connectivity index (χ1v) is 15.0. The SMILES string of the molecule is COc1ccc2c(c1)CCC(c1ccc(OS(=O)(=O)C(F)(F)F)cc1)=C2c1ccc(N2CCN(C(C)C)CC2)cc1. The lowest BCUT2D eigenvalue weighted by molar-refractivity contribution is -0.0500. The topological polar surface area (TPSA) is 59.1 Å². The van der Waals surface area contributed by atoms with Gasteiger partial charge in [0.1, 0.15) is 11.5 Å². The minimum atomic E-state index is -5.74. The maximum absolute atomic E-state index is 12.8. The third-order valence-electron chi connectivity index (χ3n) is 7.79. The smallest absolute Gasteiger partial charge is 0.497 e. The van der Waals surface area contributed by atoms with Gasteiger partial charge in [-0.25, -0.2) is 0 Å². The number of hydrogen-bond acceptors (Lipinski definition) is 6. The molecule has 3 aromatic rings. The van der Waals surface area contributed by atoms with Gasteiger partial charge >= 0.3 is 15.6 Å². The second-order valence-corrected chi connectivity index (χ2v) is 12.1. The normalized spacial score (nSPS) is 16.6. The van der Waals surface area contributed by atoms with E-state index in [1.807, 2.05) is 18.2 Å². The van der Waals surface area contributed by atoms with Gasteiger partial charge in [0, 0.05) is 37.9 Å². The maximum Gasteiger partial charge on any atom is 0.534 e. The summed E-state index contributed by atoms with van der Waals surface area (Å²) in [6, 6.07) is 20.8. The monoisotopic (exact) mass is 586 g/mol. The lowest BCUT2D eigenvalue weighted by atomic mass is 9.79. The Hall–Kier alpha value is -3.50. The van der Waals surface area contributed by atoms with Gasteiger partial charge in [0.2, 0.25) is 0 Å².